The van der Waals surface area contributed by atoms with Crippen LogP contribution >= 0.6 is 0 Å². The van der Waals surface area contributed by atoms with Crippen LogP contribution in [0.3, 0.4) is 0 Å². The Bertz CT molecular complexity index is 573. The van der Waals surface area contributed by atoms with Crippen molar-refractivity contribution in [3.05, 3.63) is 35.4 Å². The number of ether oxygens (including phenoxy) is 1. The van der Waals surface area contributed by atoms with E-state index in [1.165, 1.54) is 12.7 Å². The summed E-state index contributed by atoms with van der Waals surface area (Å²) in [6, 6.07) is 8.24. The number of amides is 2. The largest absolute Gasteiger partial charge is 0.453 e. The van der Waals surface area contributed by atoms with Crippen molar-refractivity contribution in [3.8, 4) is 0 Å². The number of likely N-dealkylation sites (tertiary alicyclic amines) is 1. The lowest BCUT2D eigenvalue weighted by Gasteiger charge is -2.26. The lowest BCUT2D eigenvalue weighted by atomic mass is 9.82. The molecule has 0 aromatic heterocycles. The summed E-state index contributed by atoms with van der Waals surface area (Å²) in [5, 5.41) is 3.11. The fourth-order valence-corrected chi connectivity index (χ4v) is 3.50. The van der Waals surface area contributed by atoms with Crippen LogP contribution in [0.15, 0.2) is 24.3 Å². The number of aryl methyl sites for hydroxylation is 1. The number of methoxy groups -OCH3 is 1. The lowest BCUT2D eigenvalue weighted by Crippen LogP contribution is -2.41. The number of benzene rings is 1. The quantitative estimate of drug-likeness (QED) is 0.910. The molecular weight excluding hydrogens is 280 g/mol. The SMILES string of the molecule is COC(=O)N1CC[C@H](NC(=O)[C@H]2CCCc3ccccc32)C1. The van der Waals surface area contributed by atoms with E-state index in [0.717, 1.165) is 31.2 Å². The van der Waals surface area contributed by atoms with Crippen LogP contribution in [-0.2, 0) is 16.0 Å². The average Bonchev–Trinajstić information content (AvgIpc) is 3.02. The van der Waals surface area contributed by atoms with Gasteiger partial charge < -0.3 is 15.0 Å². The monoisotopic (exact) mass is 302 g/mol. The maximum absolute atomic E-state index is 12.6. The zero-order valence-electron chi connectivity index (χ0n) is 12.9. The number of rotatable bonds is 2. The molecule has 3 rings (SSSR count). The lowest BCUT2D eigenvalue weighted by molar-refractivity contribution is -0.123. The number of hydrogen-bond donors (Lipinski definition) is 1. The summed E-state index contributed by atoms with van der Waals surface area (Å²) in [6.07, 6.45) is 3.47. The van der Waals surface area contributed by atoms with Gasteiger partial charge >= 0.3 is 6.09 Å². The molecule has 0 saturated carbocycles. The van der Waals surface area contributed by atoms with Crippen molar-refractivity contribution >= 4 is 12.0 Å². The number of nitrogens with zero attached hydrogens (tertiary/aromatic N) is 1. The molecule has 0 spiro atoms. The highest BCUT2D eigenvalue weighted by atomic mass is 16.5. The molecule has 2 atom stereocenters. The van der Waals surface area contributed by atoms with Gasteiger partial charge in [-0.05, 0) is 36.8 Å². The molecule has 0 unspecified atom stereocenters. The maximum Gasteiger partial charge on any atom is 0.409 e. The Labute approximate surface area is 130 Å². The number of carbonyl (C=O) groups excluding carboxylic acids is 2. The molecule has 5 heteroatoms. The molecule has 1 heterocycles. The van der Waals surface area contributed by atoms with Crippen LogP contribution in [0.5, 0.6) is 0 Å². The summed E-state index contributed by atoms with van der Waals surface area (Å²) in [5.74, 6) is 0.0287. The summed E-state index contributed by atoms with van der Waals surface area (Å²) in [5.41, 5.74) is 2.45. The molecule has 0 bridgehead atoms. The third kappa shape index (κ3) is 2.93. The van der Waals surface area contributed by atoms with Gasteiger partial charge in [0.25, 0.3) is 0 Å². The molecule has 2 aliphatic rings. The van der Waals surface area contributed by atoms with Crippen molar-refractivity contribution in [2.75, 3.05) is 20.2 Å². The van der Waals surface area contributed by atoms with Gasteiger partial charge in [-0.25, -0.2) is 4.79 Å². The molecule has 1 N–H and O–H groups in total. The van der Waals surface area contributed by atoms with Crippen molar-refractivity contribution < 1.29 is 14.3 Å². The van der Waals surface area contributed by atoms with Crippen LogP contribution in [0.4, 0.5) is 4.79 Å². The molecule has 1 saturated heterocycles. The molecule has 22 heavy (non-hydrogen) atoms. The van der Waals surface area contributed by atoms with E-state index < -0.39 is 0 Å². The van der Waals surface area contributed by atoms with Gasteiger partial charge in [-0.1, -0.05) is 24.3 Å². The number of nitrogens with one attached hydrogen (secondary N) is 1. The minimum absolute atomic E-state index is 0.0284. The van der Waals surface area contributed by atoms with E-state index in [0.29, 0.717) is 13.1 Å². The molecular formula is C17H22N2O3. The van der Waals surface area contributed by atoms with E-state index in [9.17, 15) is 9.59 Å². The van der Waals surface area contributed by atoms with Gasteiger partial charge in [-0.2, -0.15) is 0 Å². The highest BCUT2D eigenvalue weighted by Gasteiger charge is 2.31. The van der Waals surface area contributed by atoms with Crippen LogP contribution in [0, 0.1) is 0 Å². The minimum atomic E-state index is -0.320. The van der Waals surface area contributed by atoms with E-state index in [1.54, 1.807) is 4.90 Å². The summed E-state index contributed by atoms with van der Waals surface area (Å²) in [4.78, 5) is 25.8. The first kappa shape index (κ1) is 14.9. The van der Waals surface area contributed by atoms with Crippen LogP contribution in [0.1, 0.15) is 36.3 Å². The molecule has 2 amide bonds. The first-order valence-corrected chi connectivity index (χ1v) is 7.90. The van der Waals surface area contributed by atoms with E-state index >= 15 is 0 Å². The Morgan fingerprint density at radius 3 is 2.91 bits per heavy atom. The number of hydrogen-bond acceptors (Lipinski definition) is 3. The molecule has 118 valence electrons. The normalized spacial score (nSPS) is 23.8. The highest BCUT2D eigenvalue weighted by Crippen LogP contribution is 2.31. The smallest absolute Gasteiger partial charge is 0.409 e. The second kappa shape index (κ2) is 6.38. The predicted octanol–water partition coefficient (Wildman–Crippen LogP) is 2.06. The van der Waals surface area contributed by atoms with Gasteiger partial charge in [0.15, 0.2) is 0 Å². The van der Waals surface area contributed by atoms with Crippen LogP contribution < -0.4 is 5.32 Å². The topological polar surface area (TPSA) is 58.6 Å². The summed E-state index contributed by atoms with van der Waals surface area (Å²) < 4.78 is 4.72. The van der Waals surface area contributed by atoms with E-state index in [2.05, 4.69) is 17.4 Å². The van der Waals surface area contributed by atoms with Crippen molar-refractivity contribution in [2.24, 2.45) is 0 Å². The molecule has 1 fully saturated rings. The van der Waals surface area contributed by atoms with Gasteiger partial charge in [0, 0.05) is 19.1 Å². The molecule has 1 aromatic rings. The second-order valence-electron chi connectivity index (χ2n) is 6.05. The fourth-order valence-electron chi connectivity index (χ4n) is 3.50. The Hall–Kier alpha value is -2.04. The number of fused-ring (bicyclic) bond motifs is 1. The molecule has 0 radical (unpaired) electrons. The standard InChI is InChI=1S/C17H22N2O3/c1-22-17(21)19-10-9-13(11-19)18-16(20)15-8-4-6-12-5-2-3-7-14(12)15/h2-3,5,7,13,15H,4,6,8-11H2,1H3,(H,18,20)/t13-,15-/m0/s1. The van der Waals surface area contributed by atoms with Gasteiger partial charge in [0.05, 0.1) is 13.0 Å². The van der Waals surface area contributed by atoms with Crippen molar-refractivity contribution in [1.29, 1.82) is 0 Å². The Balaban J connectivity index is 1.63. The molecule has 5 nitrogen and oxygen atoms in total. The van der Waals surface area contributed by atoms with Crippen molar-refractivity contribution in [2.45, 2.75) is 37.6 Å². The van der Waals surface area contributed by atoms with Crippen LogP contribution in [0.25, 0.3) is 0 Å². The zero-order valence-corrected chi connectivity index (χ0v) is 12.9. The van der Waals surface area contributed by atoms with E-state index in [1.807, 2.05) is 12.1 Å². The fraction of sp³-hybridized carbons (Fsp3) is 0.529. The first-order valence-electron chi connectivity index (χ1n) is 7.90. The molecule has 1 aromatic carbocycles. The molecule has 1 aliphatic carbocycles. The zero-order chi connectivity index (χ0) is 15.5. The van der Waals surface area contributed by atoms with Crippen LogP contribution in [-0.4, -0.2) is 43.1 Å². The first-order chi connectivity index (χ1) is 10.7. The Morgan fingerprint density at radius 1 is 1.27 bits per heavy atom. The third-order valence-corrected chi connectivity index (χ3v) is 4.65. The van der Waals surface area contributed by atoms with Crippen LogP contribution in [0.2, 0.25) is 0 Å². The maximum atomic E-state index is 12.6. The van der Waals surface area contributed by atoms with Gasteiger partial charge in [0.2, 0.25) is 5.91 Å². The van der Waals surface area contributed by atoms with Gasteiger partial charge in [-0.3, -0.25) is 4.79 Å². The summed E-state index contributed by atoms with van der Waals surface area (Å²) in [7, 11) is 1.38. The van der Waals surface area contributed by atoms with Crippen molar-refractivity contribution in [1.82, 2.24) is 10.2 Å². The third-order valence-electron chi connectivity index (χ3n) is 4.65. The Kier molecular flexibility index (Phi) is 4.32. The average molecular weight is 302 g/mol. The van der Waals surface area contributed by atoms with Crippen molar-refractivity contribution in [3.63, 3.8) is 0 Å². The van der Waals surface area contributed by atoms with Gasteiger partial charge in [0.1, 0.15) is 0 Å². The van der Waals surface area contributed by atoms with E-state index in [4.69, 9.17) is 4.74 Å². The summed E-state index contributed by atoms with van der Waals surface area (Å²) >= 11 is 0. The number of carbonyl (C=O) groups is 2. The highest BCUT2D eigenvalue weighted by molar-refractivity contribution is 5.84. The Morgan fingerprint density at radius 2 is 2.09 bits per heavy atom. The minimum Gasteiger partial charge on any atom is -0.453 e. The predicted molar refractivity (Wildman–Crippen MR) is 82.6 cm³/mol. The van der Waals surface area contributed by atoms with E-state index in [-0.39, 0.29) is 24.0 Å². The molecule has 1 aliphatic heterocycles. The van der Waals surface area contributed by atoms with Gasteiger partial charge in [-0.15, -0.1) is 0 Å². The summed E-state index contributed by atoms with van der Waals surface area (Å²) in [6.45, 7) is 1.17. The second-order valence-corrected chi connectivity index (χ2v) is 6.05.